The van der Waals surface area contributed by atoms with Gasteiger partial charge < -0.3 is 9.72 Å². The minimum atomic E-state index is -0.623. The molecule has 0 aliphatic rings. The number of para-hydroxylation sites is 1. The fourth-order valence-electron chi connectivity index (χ4n) is 2.24. The van der Waals surface area contributed by atoms with Crippen molar-refractivity contribution in [2.24, 2.45) is 0 Å². The summed E-state index contributed by atoms with van der Waals surface area (Å²) in [5.41, 5.74) is 0.533. The normalized spacial score (nSPS) is 10.5. The van der Waals surface area contributed by atoms with Gasteiger partial charge in [0.25, 0.3) is 11.0 Å². The molecule has 0 bridgehead atoms. The fourth-order valence-corrected chi connectivity index (χ4v) is 2.24. The number of aromatic nitrogens is 1. The van der Waals surface area contributed by atoms with Crippen molar-refractivity contribution in [3.63, 3.8) is 0 Å². The highest BCUT2D eigenvalue weighted by Gasteiger charge is 2.07. The highest BCUT2D eigenvalue weighted by Crippen LogP contribution is 2.21. The molecule has 104 valence electrons. The molecule has 0 spiro atoms. The van der Waals surface area contributed by atoms with E-state index in [1.807, 2.05) is 18.2 Å². The summed E-state index contributed by atoms with van der Waals surface area (Å²) in [5, 5.41) is 0.808. The van der Waals surface area contributed by atoms with Crippen molar-refractivity contribution in [3.05, 3.63) is 75.2 Å². The van der Waals surface area contributed by atoms with E-state index in [0.29, 0.717) is 22.4 Å². The van der Waals surface area contributed by atoms with Crippen LogP contribution in [0.2, 0.25) is 0 Å². The average molecular weight is 279 g/mol. The Balaban J connectivity index is 2.33. The Hall–Kier alpha value is -2.88. The first-order valence-corrected chi connectivity index (χ1v) is 6.50. The number of hydrogen-bond donors (Lipinski definition) is 1. The van der Waals surface area contributed by atoms with Crippen LogP contribution in [0.5, 0.6) is 5.75 Å². The van der Waals surface area contributed by atoms with Gasteiger partial charge in [0, 0.05) is 11.1 Å². The van der Waals surface area contributed by atoms with Crippen LogP contribution in [-0.4, -0.2) is 12.1 Å². The molecule has 0 unspecified atom stereocenters. The zero-order valence-corrected chi connectivity index (χ0v) is 11.4. The lowest BCUT2D eigenvalue weighted by Gasteiger charge is -2.01. The Morgan fingerprint density at radius 2 is 1.67 bits per heavy atom. The lowest BCUT2D eigenvalue weighted by atomic mass is 10.1. The Bertz CT molecular complexity index is 911. The summed E-state index contributed by atoms with van der Waals surface area (Å²) in [6.45, 7) is 0. The maximum Gasteiger partial charge on any atom is 0.296 e. The van der Waals surface area contributed by atoms with E-state index in [1.165, 1.54) is 0 Å². The lowest BCUT2D eigenvalue weighted by Crippen LogP contribution is -2.24. The van der Waals surface area contributed by atoms with Crippen LogP contribution >= 0.6 is 0 Å². The molecule has 0 fully saturated rings. The van der Waals surface area contributed by atoms with E-state index in [9.17, 15) is 9.59 Å². The molecule has 0 amide bonds. The Morgan fingerprint density at radius 1 is 0.952 bits per heavy atom. The molecule has 1 heterocycles. The molecule has 3 aromatic rings. The van der Waals surface area contributed by atoms with Crippen LogP contribution in [0, 0.1) is 0 Å². The fraction of sp³-hybridized carbons (Fsp3) is 0.0588. The molecule has 3 rings (SSSR count). The van der Waals surface area contributed by atoms with Crippen LogP contribution in [0.15, 0.2) is 64.2 Å². The van der Waals surface area contributed by atoms with Crippen LogP contribution in [0.1, 0.15) is 0 Å². The van der Waals surface area contributed by atoms with Gasteiger partial charge in [-0.3, -0.25) is 9.59 Å². The van der Waals surface area contributed by atoms with E-state index in [2.05, 4.69) is 4.98 Å². The van der Waals surface area contributed by atoms with Crippen molar-refractivity contribution >= 4 is 10.9 Å². The van der Waals surface area contributed by atoms with E-state index in [1.54, 1.807) is 43.5 Å². The van der Waals surface area contributed by atoms with E-state index in [-0.39, 0.29) is 0 Å². The smallest absolute Gasteiger partial charge is 0.296 e. The molecule has 0 saturated heterocycles. The van der Waals surface area contributed by atoms with Crippen molar-refractivity contribution in [1.82, 2.24) is 4.98 Å². The van der Waals surface area contributed by atoms with Crippen molar-refractivity contribution < 1.29 is 4.74 Å². The number of fused-ring (bicyclic) bond motifs is 1. The van der Waals surface area contributed by atoms with Crippen LogP contribution in [0.3, 0.4) is 0 Å². The highest BCUT2D eigenvalue weighted by molar-refractivity contribution is 5.82. The van der Waals surface area contributed by atoms with E-state index >= 15 is 0 Å². The van der Waals surface area contributed by atoms with Gasteiger partial charge in [-0.05, 0) is 35.2 Å². The molecule has 4 nitrogen and oxygen atoms in total. The van der Waals surface area contributed by atoms with Crippen molar-refractivity contribution in [1.29, 1.82) is 0 Å². The van der Waals surface area contributed by atoms with Crippen LogP contribution in [-0.2, 0) is 0 Å². The number of rotatable bonds is 2. The van der Waals surface area contributed by atoms with E-state index in [0.717, 1.165) is 5.39 Å². The number of hydrogen-bond acceptors (Lipinski definition) is 3. The molecule has 0 saturated carbocycles. The maximum atomic E-state index is 12.3. The van der Waals surface area contributed by atoms with Gasteiger partial charge in [0.2, 0.25) is 0 Å². The standard InChI is InChI=1S/C17H13NO3/c1-21-13-8-6-11(7-9-13)14-10-12-4-2-3-5-15(12)18-17(20)16(14)19/h2-10H,1H3,(H,18,19,20). The van der Waals surface area contributed by atoms with Gasteiger partial charge in [0.1, 0.15) is 5.75 Å². The summed E-state index contributed by atoms with van der Waals surface area (Å²) < 4.78 is 5.10. The summed E-state index contributed by atoms with van der Waals surface area (Å²) in [6, 6.07) is 16.1. The second-order valence-electron chi connectivity index (χ2n) is 4.66. The molecule has 1 aromatic heterocycles. The first kappa shape index (κ1) is 13.1. The summed E-state index contributed by atoms with van der Waals surface area (Å²) in [5.74, 6) is 0.699. The molecule has 0 aliphatic heterocycles. The molecule has 4 heteroatoms. The monoisotopic (exact) mass is 279 g/mol. The molecular formula is C17H13NO3. The van der Waals surface area contributed by atoms with Gasteiger partial charge >= 0.3 is 0 Å². The van der Waals surface area contributed by atoms with Crippen molar-refractivity contribution in [3.8, 4) is 16.9 Å². The Labute approximate surface area is 120 Å². The summed E-state index contributed by atoms with van der Waals surface area (Å²) in [7, 11) is 1.58. The highest BCUT2D eigenvalue weighted by atomic mass is 16.5. The maximum absolute atomic E-state index is 12.3. The molecule has 1 N–H and O–H groups in total. The zero-order chi connectivity index (χ0) is 14.8. The summed E-state index contributed by atoms with van der Waals surface area (Å²) in [4.78, 5) is 26.8. The van der Waals surface area contributed by atoms with E-state index in [4.69, 9.17) is 4.74 Å². The molecule has 0 aliphatic carbocycles. The zero-order valence-electron chi connectivity index (χ0n) is 11.4. The third kappa shape index (κ3) is 2.43. The SMILES string of the molecule is COc1ccc(-c2cc3ccccc3[nH]c(=O)c2=O)cc1. The van der Waals surface area contributed by atoms with Gasteiger partial charge in [-0.2, -0.15) is 0 Å². The number of H-pyrrole nitrogens is 1. The average Bonchev–Trinajstić information content (AvgIpc) is 2.65. The van der Waals surface area contributed by atoms with Gasteiger partial charge in [-0.15, -0.1) is 0 Å². The molecule has 21 heavy (non-hydrogen) atoms. The van der Waals surface area contributed by atoms with Crippen LogP contribution in [0.4, 0.5) is 0 Å². The summed E-state index contributed by atoms with van der Waals surface area (Å²) in [6.07, 6.45) is 0. The van der Waals surface area contributed by atoms with Crippen LogP contribution < -0.4 is 15.7 Å². The minimum absolute atomic E-state index is 0.375. The van der Waals surface area contributed by atoms with Gasteiger partial charge in [0.05, 0.1) is 7.11 Å². The third-order valence-corrected chi connectivity index (χ3v) is 3.36. The molecule has 0 atom stereocenters. The predicted octanol–water partition coefficient (Wildman–Crippen LogP) is 2.56. The first-order chi connectivity index (χ1) is 10.2. The van der Waals surface area contributed by atoms with Gasteiger partial charge in [0.15, 0.2) is 0 Å². The summed E-state index contributed by atoms with van der Waals surface area (Å²) >= 11 is 0. The third-order valence-electron chi connectivity index (χ3n) is 3.36. The number of benzene rings is 2. The second-order valence-corrected chi connectivity index (χ2v) is 4.66. The van der Waals surface area contributed by atoms with Crippen molar-refractivity contribution in [2.45, 2.75) is 0 Å². The largest absolute Gasteiger partial charge is 0.497 e. The quantitative estimate of drug-likeness (QED) is 0.733. The Morgan fingerprint density at radius 3 is 2.38 bits per heavy atom. The number of ether oxygens (including phenoxy) is 1. The first-order valence-electron chi connectivity index (χ1n) is 6.50. The number of methoxy groups -OCH3 is 1. The minimum Gasteiger partial charge on any atom is -0.497 e. The Kier molecular flexibility index (Phi) is 3.28. The van der Waals surface area contributed by atoms with Gasteiger partial charge in [-0.1, -0.05) is 30.3 Å². The predicted molar refractivity (Wildman–Crippen MR) is 82.8 cm³/mol. The van der Waals surface area contributed by atoms with Crippen LogP contribution in [0.25, 0.3) is 22.0 Å². The number of nitrogens with one attached hydrogen (secondary N) is 1. The topological polar surface area (TPSA) is 59.2 Å². The second kappa shape index (κ2) is 5.25. The van der Waals surface area contributed by atoms with E-state index < -0.39 is 11.0 Å². The van der Waals surface area contributed by atoms with Crippen molar-refractivity contribution in [2.75, 3.05) is 7.11 Å². The van der Waals surface area contributed by atoms with Gasteiger partial charge in [-0.25, -0.2) is 0 Å². The molecule has 0 radical (unpaired) electrons. The lowest BCUT2D eigenvalue weighted by molar-refractivity contribution is 0.415. The molecular weight excluding hydrogens is 266 g/mol. The number of aromatic amines is 1. The molecule has 2 aromatic carbocycles.